The third kappa shape index (κ3) is 3.25. The summed E-state index contributed by atoms with van der Waals surface area (Å²) < 4.78 is 0. The third-order valence-electron chi connectivity index (χ3n) is 3.81. The van der Waals surface area contributed by atoms with Crippen LogP contribution in [0.5, 0.6) is 0 Å². The Labute approximate surface area is 114 Å². The maximum Gasteiger partial charge on any atom is 0.270 e. The Bertz CT molecular complexity index is 448. The van der Waals surface area contributed by atoms with Crippen molar-refractivity contribution in [1.29, 1.82) is 0 Å². The van der Waals surface area contributed by atoms with Crippen LogP contribution in [0.1, 0.15) is 49.0 Å². The van der Waals surface area contributed by atoms with Gasteiger partial charge in [0.05, 0.1) is 0 Å². The smallest absolute Gasteiger partial charge is 0.270 e. The number of hydrogen-bond acceptors (Lipinski definition) is 3. The second kappa shape index (κ2) is 5.59. The van der Waals surface area contributed by atoms with E-state index in [0.29, 0.717) is 11.7 Å². The minimum atomic E-state index is -0.0285. The van der Waals surface area contributed by atoms with Gasteiger partial charge in [0.1, 0.15) is 11.5 Å². The molecule has 1 aromatic heterocycles. The van der Waals surface area contributed by atoms with Crippen molar-refractivity contribution >= 4 is 11.7 Å². The molecule has 0 spiro atoms. The molecule has 1 amide bonds. The lowest BCUT2D eigenvalue weighted by Gasteiger charge is -2.21. The molecule has 2 fully saturated rings. The van der Waals surface area contributed by atoms with E-state index < -0.39 is 0 Å². The molecule has 1 saturated carbocycles. The molecule has 0 bridgehead atoms. The van der Waals surface area contributed by atoms with E-state index in [1.165, 1.54) is 25.7 Å². The van der Waals surface area contributed by atoms with Crippen molar-refractivity contribution in [2.75, 3.05) is 18.0 Å². The number of carbonyl (C=O) groups is 1. The number of nitrogens with one attached hydrogen (secondary N) is 1. The second-order valence-corrected chi connectivity index (χ2v) is 5.53. The van der Waals surface area contributed by atoms with Crippen LogP contribution in [0, 0.1) is 0 Å². The van der Waals surface area contributed by atoms with Crippen LogP contribution in [0.25, 0.3) is 0 Å². The zero-order chi connectivity index (χ0) is 13.1. The average molecular weight is 259 g/mol. The largest absolute Gasteiger partial charge is 0.357 e. The molecular weight excluding hydrogens is 238 g/mol. The van der Waals surface area contributed by atoms with Crippen LogP contribution in [0.15, 0.2) is 18.2 Å². The van der Waals surface area contributed by atoms with Crippen LogP contribution in [-0.4, -0.2) is 30.0 Å². The van der Waals surface area contributed by atoms with Crippen LogP contribution in [0.3, 0.4) is 0 Å². The van der Waals surface area contributed by atoms with E-state index in [9.17, 15) is 4.79 Å². The predicted molar refractivity (Wildman–Crippen MR) is 75.4 cm³/mol. The van der Waals surface area contributed by atoms with Gasteiger partial charge in [-0.25, -0.2) is 4.98 Å². The maximum absolute atomic E-state index is 12.0. The molecule has 102 valence electrons. The zero-order valence-corrected chi connectivity index (χ0v) is 11.3. The lowest BCUT2D eigenvalue weighted by atomic mass is 10.2. The van der Waals surface area contributed by atoms with Crippen LogP contribution >= 0.6 is 0 Å². The molecule has 1 aliphatic heterocycles. The summed E-state index contributed by atoms with van der Waals surface area (Å²) in [4.78, 5) is 18.8. The van der Waals surface area contributed by atoms with Crippen molar-refractivity contribution in [3.05, 3.63) is 23.9 Å². The summed E-state index contributed by atoms with van der Waals surface area (Å²) in [5.74, 6) is 0.921. The van der Waals surface area contributed by atoms with Gasteiger partial charge in [-0.15, -0.1) is 0 Å². The van der Waals surface area contributed by atoms with Gasteiger partial charge >= 0.3 is 0 Å². The Hall–Kier alpha value is -1.58. The molecule has 1 aliphatic carbocycles. The number of amides is 1. The summed E-state index contributed by atoms with van der Waals surface area (Å²) in [5.41, 5.74) is 0.550. The van der Waals surface area contributed by atoms with Crippen molar-refractivity contribution in [1.82, 2.24) is 10.3 Å². The zero-order valence-electron chi connectivity index (χ0n) is 11.3. The molecule has 0 atom stereocenters. The molecule has 0 aromatic carbocycles. The minimum Gasteiger partial charge on any atom is -0.357 e. The molecule has 0 unspecified atom stereocenters. The summed E-state index contributed by atoms with van der Waals surface area (Å²) in [6, 6.07) is 6.14. The van der Waals surface area contributed by atoms with Crippen molar-refractivity contribution in [3.8, 4) is 0 Å². The van der Waals surface area contributed by atoms with Crippen LogP contribution < -0.4 is 10.2 Å². The van der Waals surface area contributed by atoms with E-state index in [0.717, 1.165) is 31.7 Å². The highest BCUT2D eigenvalue weighted by Crippen LogP contribution is 2.20. The fourth-order valence-electron chi connectivity index (χ4n) is 2.51. The fraction of sp³-hybridized carbons (Fsp3) is 0.600. The van der Waals surface area contributed by atoms with Crippen molar-refractivity contribution in [2.24, 2.45) is 0 Å². The molecule has 4 heteroatoms. The number of rotatable bonds is 3. The van der Waals surface area contributed by atoms with E-state index in [4.69, 9.17) is 0 Å². The highest BCUT2D eigenvalue weighted by molar-refractivity contribution is 5.93. The standard InChI is InChI=1S/C15H21N3O/c19-15(16-12-8-9-12)13-6-5-7-14(17-13)18-10-3-1-2-4-11-18/h5-7,12H,1-4,8-11H2,(H,16,19). The summed E-state index contributed by atoms with van der Waals surface area (Å²) in [6.45, 7) is 2.11. The summed E-state index contributed by atoms with van der Waals surface area (Å²) >= 11 is 0. The Morgan fingerprint density at radius 2 is 1.89 bits per heavy atom. The van der Waals surface area contributed by atoms with Crippen LogP contribution in [-0.2, 0) is 0 Å². The molecule has 4 nitrogen and oxygen atoms in total. The van der Waals surface area contributed by atoms with Crippen LogP contribution in [0.4, 0.5) is 5.82 Å². The number of carbonyl (C=O) groups excluding carboxylic acids is 1. The Kier molecular flexibility index (Phi) is 3.67. The number of nitrogens with zero attached hydrogens (tertiary/aromatic N) is 2. The molecule has 0 radical (unpaired) electrons. The van der Waals surface area contributed by atoms with E-state index in [1.807, 2.05) is 12.1 Å². The van der Waals surface area contributed by atoms with E-state index in [1.54, 1.807) is 6.07 Å². The number of pyridine rings is 1. The van der Waals surface area contributed by atoms with Crippen molar-refractivity contribution < 1.29 is 4.79 Å². The van der Waals surface area contributed by atoms with Crippen LogP contribution in [0.2, 0.25) is 0 Å². The average Bonchev–Trinajstić information content (AvgIpc) is 3.25. The lowest BCUT2D eigenvalue weighted by Crippen LogP contribution is -2.28. The van der Waals surface area contributed by atoms with Gasteiger partial charge in [0.15, 0.2) is 0 Å². The first-order valence-electron chi connectivity index (χ1n) is 7.36. The van der Waals surface area contributed by atoms with Crippen molar-refractivity contribution in [2.45, 2.75) is 44.6 Å². The highest BCUT2D eigenvalue weighted by Gasteiger charge is 2.24. The van der Waals surface area contributed by atoms with Gasteiger partial charge in [-0.2, -0.15) is 0 Å². The van der Waals surface area contributed by atoms with Gasteiger partial charge in [0, 0.05) is 19.1 Å². The molecule has 2 heterocycles. The Balaban J connectivity index is 1.72. The van der Waals surface area contributed by atoms with Gasteiger partial charge in [0.25, 0.3) is 5.91 Å². The first-order valence-corrected chi connectivity index (χ1v) is 7.36. The highest BCUT2D eigenvalue weighted by atomic mass is 16.2. The second-order valence-electron chi connectivity index (χ2n) is 5.53. The molecule has 2 aliphatic rings. The molecular formula is C15H21N3O. The van der Waals surface area contributed by atoms with Gasteiger partial charge in [0.2, 0.25) is 0 Å². The SMILES string of the molecule is O=C(NC1CC1)c1cccc(N2CCCCCC2)n1. The summed E-state index contributed by atoms with van der Waals surface area (Å²) in [5, 5.41) is 2.99. The molecule has 1 N–H and O–H groups in total. The number of aromatic nitrogens is 1. The monoisotopic (exact) mass is 259 g/mol. The molecule has 19 heavy (non-hydrogen) atoms. The van der Waals surface area contributed by atoms with Gasteiger partial charge in [-0.1, -0.05) is 18.9 Å². The van der Waals surface area contributed by atoms with E-state index >= 15 is 0 Å². The quantitative estimate of drug-likeness (QED) is 0.906. The van der Waals surface area contributed by atoms with E-state index in [2.05, 4.69) is 15.2 Å². The predicted octanol–water partition coefficient (Wildman–Crippen LogP) is 2.35. The minimum absolute atomic E-state index is 0.0285. The normalized spacial score (nSPS) is 19.9. The van der Waals surface area contributed by atoms with E-state index in [-0.39, 0.29) is 5.91 Å². The summed E-state index contributed by atoms with van der Waals surface area (Å²) in [6.07, 6.45) is 7.27. The molecule has 1 saturated heterocycles. The number of hydrogen-bond donors (Lipinski definition) is 1. The van der Waals surface area contributed by atoms with Crippen molar-refractivity contribution in [3.63, 3.8) is 0 Å². The van der Waals surface area contributed by atoms with Gasteiger partial charge in [-0.05, 0) is 37.8 Å². The van der Waals surface area contributed by atoms with Gasteiger partial charge < -0.3 is 10.2 Å². The summed E-state index contributed by atoms with van der Waals surface area (Å²) in [7, 11) is 0. The maximum atomic E-state index is 12.0. The molecule has 1 aromatic rings. The first-order chi connectivity index (χ1) is 9.33. The topological polar surface area (TPSA) is 45.2 Å². The fourth-order valence-corrected chi connectivity index (χ4v) is 2.51. The Morgan fingerprint density at radius 3 is 2.58 bits per heavy atom. The third-order valence-corrected chi connectivity index (χ3v) is 3.81. The van der Waals surface area contributed by atoms with Gasteiger partial charge in [-0.3, -0.25) is 4.79 Å². The molecule has 3 rings (SSSR count). The lowest BCUT2D eigenvalue weighted by molar-refractivity contribution is 0.0946. The Morgan fingerprint density at radius 1 is 1.16 bits per heavy atom. The number of anilines is 1. The first kappa shape index (κ1) is 12.5.